The minimum atomic E-state index is -4.33. The highest BCUT2D eigenvalue weighted by Crippen LogP contribution is 2.30. The molecular weight excluding hydrogens is 219 g/mol. The van der Waals surface area contributed by atoms with E-state index in [9.17, 15) is 21.6 Å². The summed E-state index contributed by atoms with van der Waals surface area (Å²) in [6.07, 6.45) is -2.69. The maximum atomic E-state index is 12.1. The maximum Gasteiger partial charge on any atom is 0.412 e. The standard InChI is InChI=1S/C7H10F3NO2S/c1-14(12,13)11-4-2-6(3-5-11)7(8,9)10/h2H,3-5H2,1H3. The summed E-state index contributed by atoms with van der Waals surface area (Å²) in [5.74, 6) is 0. The molecule has 0 bridgehead atoms. The fourth-order valence-corrected chi connectivity index (χ4v) is 1.98. The zero-order chi connectivity index (χ0) is 11.0. The van der Waals surface area contributed by atoms with Crippen molar-refractivity contribution in [3.63, 3.8) is 0 Å². The van der Waals surface area contributed by atoms with Gasteiger partial charge in [-0.15, -0.1) is 0 Å². The highest BCUT2D eigenvalue weighted by atomic mass is 32.2. The van der Waals surface area contributed by atoms with Crippen LogP contribution >= 0.6 is 0 Å². The molecule has 3 nitrogen and oxygen atoms in total. The van der Waals surface area contributed by atoms with Gasteiger partial charge in [-0.3, -0.25) is 0 Å². The summed E-state index contributed by atoms with van der Waals surface area (Å²) in [5, 5.41) is 0. The van der Waals surface area contributed by atoms with Crippen LogP contribution in [0, 0.1) is 0 Å². The Hall–Kier alpha value is -0.560. The van der Waals surface area contributed by atoms with Gasteiger partial charge in [0.2, 0.25) is 10.0 Å². The van der Waals surface area contributed by atoms with Crippen molar-refractivity contribution in [2.45, 2.75) is 12.6 Å². The summed E-state index contributed by atoms with van der Waals surface area (Å²) in [4.78, 5) is 0. The van der Waals surface area contributed by atoms with Crippen LogP contribution in [0.1, 0.15) is 6.42 Å². The number of rotatable bonds is 1. The Morgan fingerprint density at radius 3 is 2.29 bits per heavy atom. The first kappa shape index (κ1) is 11.5. The lowest BCUT2D eigenvalue weighted by molar-refractivity contribution is -0.0953. The fraction of sp³-hybridized carbons (Fsp3) is 0.714. The molecule has 0 spiro atoms. The van der Waals surface area contributed by atoms with Gasteiger partial charge in [-0.25, -0.2) is 8.42 Å². The topological polar surface area (TPSA) is 37.4 Å². The number of alkyl halides is 3. The second-order valence-electron chi connectivity index (χ2n) is 3.10. The van der Waals surface area contributed by atoms with Gasteiger partial charge in [0, 0.05) is 18.7 Å². The summed E-state index contributed by atoms with van der Waals surface area (Å²) in [6.45, 7) is -0.280. The summed E-state index contributed by atoms with van der Waals surface area (Å²) < 4.78 is 59.3. The van der Waals surface area contributed by atoms with Crippen molar-refractivity contribution in [2.24, 2.45) is 0 Å². The van der Waals surface area contributed by atoms with Crippen LogP contribution < -0.4 is 0 Å². The largest absolute Gasteiger partial charge is 0.412 e. The van der Waals surface area contributed by atoms with E-state index in [-0.39, 0.29) is 19.5 Å². The Balaban J connectivity index is 2.75. The van der Waals surface area contributed by atoms with E-state index in [0.29, 0.717) is 0 Å². The predicted molar refractivity (Wildman–Crippen MR) is 45.2 cm³/mol. The summed E-state index contributed by atoms with van der Waals surface area (Å²) in [7, 11) is -3.37. The van der Waals surface area contributed by atoms with Crippen molar-refractivity contribution in [1.29, 1.82) is 0 Å². The summed E-state index contributed by atoms with van der Waals surface area (Å²) >= 11 is 0. The molecule has 7 heteroatoms. The van der Waals surface area contributed by atoms with Gasteiger partial charge < -0.3 is 0 Å². The normalized spacial score (nSPS) is 20.7. The highest BCUT2D eigenvalue weighted by Gasteiger charge is 2.35. The molecule has 0 saturated carbocycles. The Bertz CT molecular complexity index is 344. The average Bonchev–Trinajstić information content (AvgIpc) is 2.01. The molecule has 0 fully saturated rings. The molecule has 0 radical (unpaired) electrons. The third-order valence-corrected chi connectivity index (χ3v) is 3.27. The molecule has 0 aromatic rings. The van der Waals surface area contributed by atoms with E-state index in [1.54, 1.807) is 0 Å². The lowest BCUT2D eigenvalue weighted by Crippen LogP contribution is -2.35. The lowest BCUT2D eigenvalue weighted by atomic mass is 10.1. The molecule has 14 heavy (non-hydrogen) atoms. The van der Waals surface area contributed by atoms with Crippen LogP contribution in [0.4, 0.5) is 13.2 Å². The van der Waals surface area contributed by atoms with Gasteiger partial charge in [0.15, 0.2) is 0 Å². The van der Waals surface area contributed by atoms with Crippen LogP contribution in [0.25, 0.3) is 0 Å². The van der Waals surface area contributed by atoms with Gasteiger partial charge in [0.1, 0.15) is 0 Å². The molecule has 0 aliphatic carbocycles. The van der Waals surface area contributed by atoms with Crippen molar-refractivity contribution in [3.05, 3.63) is 11.6 Å². The zero-order valence-electron chi connectivity index (χ0n) is 7.50. The molecule has 0 N–H and O–H groups in total. The van der Waals surface area contributed by atoms with Crippen LogP contribution in [0.2, 0.25) is 0 Å². The monoisotopic (exact) mass is 229 g/mol. The molecule has 1 aliphatic rings. The molecule has 0 atom stereocenters. The molecule has 1 heterocycles. The maximum absolute atomic E-state index is 12.1. The highest BCUT2D eigenvalue weighted by molar-refractivity contribution is 7.88. The summed E-state index contributed by atoms with van der Waals surface area (Å²) in [6, 6.07) is 0. The smallest absolute Gasteiger partial charge is 0.212 e. The van der Waals surface area contributed by atoms with E-state index in [1.807, 2.05) is 0 Å². The van der Waals surface area contributed by atoms with Gasteiger partial charge in [-0.05, 0) is 6.42 Å². The number of hydrogen-bond acceptors (Lipinski definition) is 2. The van der Waals surface area contributed by atoms with E-state index in [4.69, 9.17) is 0 Å². The first-order valence-electron chi connectivity index (χ1n) is 3.92. The molecule has 0 aromatic carbocycles. The Labute approximate surface area is 80.3 Å². The molecule has 1 rings (SSSR count). The number of sulfonamides is 1. The Morgan fingerprint density at radius 1 is 1.43 bits per heavy atom. The Morgan fingerprint density at radius 2 is 2.00 bits per heavy atom. The SMILES string of the molecule is CS(=O)(=O)N1CC=C(C(F)(F)F)CC1. The number of nitrogens with zero attached hydrogens (tertiary/aromatic N) is 1. The molecule has 1 aliphatic heterocycles. The van der Waals surface area contributed by atoms with Crippen molar-refractivity contribution >= 4 is 10.0 Å². The molecule has 82 valence electrons. The van der Waals surface area contributed by atoms with Crippen LogP contribution in [0.3, 0.4) is 0 Å². The van der Waals surface area contributed by atoms with Gasteiger partial charge in [0.25, 0.3) is 0 Å². The zero-order valence-corrected chi connectivity index (χ0v) is 8.32. The lowest BCUT2D eigenvalue weighted by Gasteiger charge is -2.24. The third-order valence-electron chi connectivity index (χ3n) is 2.00. The quantitative estimate of drug-likeness (QED) is 0.632. The van der Waals surface area contributed by atoms with Crippen LogP contribution in [-0.4, -0.2) is 38.2 Å². The van der Waals surface area contributed by atoms with Crippen LogP contribution in [-0.2, 0) is 10.0 Å². The van der Waals surface area contributed by atoms with Gasteiger partial charge in [0.05, 0.1) is 6.26 Å². The first-order chi connectivity index (χ1) is 6.21. The van der Waals surface area contributed by atoms with E-state index < -0.39 is 21.8 Å². The second kappa shape index (κ2) is 3.54. The molecule has 0 saturated heterocycles. The van der Waals surface area contributed by atoms with Gasteiger partial charge in [-0.1, -0.05) is 6.08 Å². The third kappa shape index (κ3) is 2.71. The number of hydrogen-bond donors (Lipinski definition) is 0. The van der Waals surface area contributed by atoms with Crippen LogP contribution in [0.5, 0.6) is 0 Å². The number of halogens is 3. The Kier molecular flexibility index (Phi) is 2.91. The van der Waals surface area contributed by atoms with Gasteiger partial charge in [-0.2, -0.15) is 17.5 Å². The molecule has 0 unspecified atom stereocenters. The molecule has 0 aromatic heterocycles. The second-order valence-corrected chi connectivity index (χ2v) is 5.08. The van der Waals surface area contributed by atoms with Gasteiger partial charge >= 0.3 is 6.18 Å². The van der Waals surface area contributed by atoms with Crippen molar-refractivity contribution < 1.29 is 21.6 Å². The van der Waals surface area contributed by atoms with Crippen molar-refractivity contribution in [3.8, 4) is 0 Å². The average molecular weight is 229 g/mol. The minimum absolute atomic E-state index is 0.0931. The fourth-order valence-electron chi connectivity index (χ4n) is 1.21. The molecular formula is C7H10F3NO2S. The van der Waals surface area contributed by atoms with Crippen molar-refractivity contribution in [1.82, 2.24) is 4.31 Å². The van der Waals surface area contributed by atoms with E-state index in [1.165, 1.54) is 0 Å². The molecule has 0 amide bonds. The first-order valence-corrected chi connectivity index (χ1v) is 5.77. The minimum Gasteiger partial charge on any atom is -0.212 e. The summed E-state index contributed by atoms with van der Waals surface area (Å²) in [5.41, 5.74) is -0.641. The van der Waals surface area contributed by atoms with E-state index >= 15 is 0 Å². The van der Waals surface area contributed by atoms with Crippen LogP contribution in [0.15, 0.2) is 11.6 Å². The predicted octanol–water partition coefficient (Wildman–Crippen LogP) is 1.14. The van der Waals surface area contributed by atoms with Crippen molar-refractivity contribution in [2.75, 3.05) is 19.3 Å². The van der Waals surface area contributed by atoms with E-state index in [2.05, 4.69) is 0 Å². The van der Waals surface area contributed by atoms with E-state index in [0.717, 1.165) is 16.6 Å².